The predicted octanol–water partition coefficient (Wildman–Crippen LogP) is 3.02. The largest absolute Gasteiger partial charge is 0.365 e. The van der Waals surface area contributed by atoms with Crippen molar-refractivity contribution in [2.75, 3.05) is 5.32 Å². The van der Waals surface area contributed by atoms with Crippen molar-refractivity contribution in [3.05, 3.63) is 28.7 Å². The molecule has 2 rings (SSSR count). The van der Waals surface area contributed by atoms with Gasteiger partial charge in [-0.25, -0.2) is 0 Å². The van der Waals surface area contributed by atoms with Crippen molar-refractivity contribution in [1.29, 1.82) is 0 Å². The van der Waals surface area contributed by atoms with Gasteiger partial charge in [0, 0.05) is 11.3 Å². The number of thiophene rings is 1. The van der Waals surface area contributed by atoms with Crippen LogP contribution < -0.4 is 11.1 Å². The lowest BCUT2D eigenvalue weighted by Gasteiger charge is -2.05. The van der Waals surface area contributed by atoms with Crippen LogP contribution in [0, 0.1) is 0 Å². The average Bonchev–Trinajstić information content (AvgIpc) is 2.58. The molecule has 3 N–H and O–H groups in total. The fourth-order valence-electron chi connectivity index (χ4n) is 2.51. The smallest absolute Gasteiger partial charge is 0.251 e. The number of carbonyl (C=O) groups excluding carboxylic acids is 2. The first-order valence-corrected chi connectivity index (χ1v) is 7.80. The normalized spacial score (nSPS) is 14.2. The molecule has 2 amide bonds. The lowest BCUT2D eigenvalue weighted by Crippen LogP contribution is -2.17. The number of carbonyl (C=O) groups is 2. The summed E-state index contributed by atoms with van der Waals surface area (Å²) in [4.78, 5) is 24.8. The Morgan fingerprint density at radius 1 is 1.30 bits per heavy atom. The third kappa shape index (κ3) is 3.28. The van der Waals surface area contributed by atoms with E-state index >= 15 is 0 Å². The molecule has 1 aromatic rings. The minimum Gasteiger partial charge on any atom is -0.365 e. The number of nitrogens with one attached hydrogen (secondary N) is 1. The second-order valence-electron chi connectivity index (χ2n) is 5.01. The summed E-state index contributed by atoms with van der Waals surface area (Å²) in [5, 5.41) is 3.46. The van der Waals surface area contributed by atoms with Gasteiger partial charge in [-0.2, -0.15) is 0 Å². The molecule has 1 aliphatic rings. The van der Waals surface area contributed by atoms with E-state index < -0.39 is 5.91 Å². The number of nitrogens with two attached hydrogens (primary N) is 1. The zero-order valence-electron chi connectivity index (χ0n) is 11.5. The number of hydrogen-bond donors (Lipinski definition) is 2. The Balaban J connectivity index is 2.26. The van der Waals surface area contributed by atoms with Crippen LogP contribution in [-0.2, 0) is 17.6 Å². The van der Waals surface area contributed by atoms with E-state index in [1.54, 1.807) is 6.08 Å². The lowest BCUT2D eigenvalue weighted by molar-refractivity contribution is -0.116. The molecule has 0 atom stereocenters. The number of anilines is 1. The summed E-state index contributed by atoms with van der Waals surface area (Å²) in [6.07, 6.45) is 7.96. The highest BCUT2D eigenvalue weighted by molar-refractivity contribution is 7.17. The number of amides is 2. The quantitative estimate of drug-likeness (QED) is 0.647. The molecule has 1 aromatic heterocycles. The molecule has 0 saturated heterocycles. The monoisotopic (exact) mass is 292 g/mol. The van der Waals surface area contributed by atoms with Gasteiger partial charge in [-0.15, -0.1) is 17.9 Å². The van der Waals surface area contributed by atoms with Crippen molar-refractivity contribution in [2.45, 2.75) is 44.9 Å². The molecule has 0 fully saturated rings. The summed E-state index contributed by atoms with van der Waals surface area (Å²) in [5.41, 5.74) is 7.09. The number of rotatable bonds is 5. The molecule has 1 aliphatic carbocycles. The summed E-state index contributed by atoms with van der Waals surface area (Å²) < 4.78 is 0. The molecule has 0 spiro atoms. The molecule has 20 heavy (non-hydrogen) atoms. The van der Waals surface area contributed by atoms with Gasteiger partial charge in [0.15, 0.2) is 0 Å². The molecule has 5 heteroatoms. The Morgan fingerprint density at radius 2 is 2.05 bits per heavy atom. The SMILES string of the molecule is C=CCCC(=O)Nc1sc2c(c1C(N)=O)CCCCC2. The number of aryl methyl sites for hydroxylation is 1. The zero-order valence-corrected chi connectivity index (χ0v) is 12.4. The first kappa shape index (κ1) is 14.8. The molecule has 4 nitrogen and oxygen atoms in total. The van der Waals surface area contributed by atoms with Crippen LogP contribution in [0.1, 0.15) is 52.9 Å². The Labute approximate surface area is 123 Å². The third-order valence-electron chi connectivity index (χ3n) is 3.50. The van der Waals surface area contributed by atoms with Gasteiger partial charge in [-0.05, 0) is 37.7 Å². The average molecular weight is 292 g/mol. The van der Waals surface area contributed by atoms with Crippen LogP contribution in [0.2, 0.25) is 0 Å². The van der Waals surface area contributed by atoms with E-state index in [0.717, 1.165) is 31.2 Å². The number of fused-ring (bicyclic) bond motifs is 1. The molecule has 0 bridgehead atoms. The van der Waals surface area contributed by atoms with E-state index in [9.17, 15) is 9.59 Å². The molecule has 0 radical (unpaired) electrons. The van der Waals surface area contributed by atoms with Crippen molar-refractivity contribution < 1.29 is 9.59 Å². The number of primary amides is 1. The topological polar surface area (TPSA) is 72.2 Å². The maximum Gasteiger partial charge on any atom is 0.251 e. The maximum atomic E-state index is 11.8. The number of hydrogen-bond acceptors (Lipinski definition) is 3. The molecule has 0 unspecified atom stereocenters. The van der Waals surface area contributed by atoms with E-state index in [2.05, 4.69) is 11.9 Å². The minimum absolute atomic E-state index is 0.0937. The van der Waals surface area contributed by atoms with Crippen molar-refractivity contribution in [2.24, 2.45) is 5.73 Å². The van der Waals surface area contributed by atoms with Gasteiger partial charge in [0.05, 0.1) is 5.56 Å². The predicted molar refractivity (Wildman–Crippen MR) is 82.2 cm³/mol. The summed E-state index contributed by atoms with van der Waals surface area (Å²) in [5.74, 6) is -0.535. The fraction of sp³-hybridized carbons (Fsp3) is 0.467. The third-order valence-corrected chi connectivity index (χ3v) is 4.70. The zero-order chi connectivity index (χ0) is 14.5. The second kappa shape index (κ2) is 6.70. The lowest BCUT2D eigenvalue weighted by atomic mass is 10.1. The molecule has 0 aliphatic heterocycles. The molecular formula is C15H20N2O2S. The van der Waals surface area contributed by atoms with Gasteiger partial charge in [-0.3, -0.25) is 9.59 Å². The number of allylic oxidation sites excluding steroid dienone is 1. The van der Waals surface area contributed by atoms with Gasteiger partial charge in [0.25, 0.3) is 5.91 Å². The molecule has 0 saturated carbocycles. The van der Waals surface area contributed by atoms with Gasteiger partial charge in [0.1, 0.15) is 5.00 Å². The van der Waals surface area contributed by atoms with Crippen LogP contribution in [-0.4, -0.2) is 11.8 Å². The molecular weight excluding hydrogens is 272 g/mol. The summed E-state index contributed by atoms with van der Waals surface area (Å²) in [6.45, 7) is 3.60. The van der Waals surface area contributed by atoms with Crippen LogP contribution in [0.3, 0.4) is 0 Å². The van der Waals surface area contributed by atoms with E-state index in [0.29, 0.717) is 23.4 Å². The first-order chi connectivity index (χ1) is 9.63. The highest BCUT2D eigenvalue weighted by Crippen LogP contribution is 2.37. The van der Waals surface area contributed by atoms with Gasteiger partial charge in [-0.1, -0.05) is 12.5 Å². The summed E-state index contributed by atoms with van der Waals surface area (Å²) in [6, 6.07) is 0. The summed E-state index contributed by atoms with van der Waals surface area (Å²) >= 11 is 1.51. The van der Waals surface area contributed by atoms with Gasteiger partial charge >= 0.3 is 0 Å². The van der Waals surface area contributed by atoms with Crippen LogP contribution >= 0.6 is 11.3 Å². The van der Waals surface area contributed by atoms with E-state index in [-0.39, 0.29) is 5.91 Å². The Morgan fingerprint density at radius 3 is 2.75 bits per heavy atom. The van der Waals surface area contributed by atoms with E-state index in [1.807, 2.05) is 0 Å². The van der Waals surface area contributed by atoms with Crippen LogP contribution in [0.25, 0.3) is 0 Å². The highest BCUT2D eigenvalue weighted by Gasteiger charge is 2.23. The van der Waals surface area contributed by atoms with Crippen LogP contribution in [0.4, 0.5) is 5.00 Å². The fourth-order valence-corrected chi connectivity index (χ4v) is 3.82. The van der Waals surface area contributed by atoms with Crippen molar-refractivity contribution >= 4 is 28.2 Å². The second-order valence-corrected chi connectivity index (χ2v) is 6.11. The maximum absolute atomic E-state index is 11.8. The van der Waals surface area contributed by atoms with Crippen molar-refractivity contribution in [3.63, 3.8) is 0 Å². The van der Waals surface area contributed by atoms with E-state index in [4.69, 9.17) is 5.73 Å². The van der Waals surface area contributed by atoms with Crippen LogP contribution in [0.15, 0.2) is 12.7 Å². The molecule has 0 aromatic carbocycles. The Bertz CT molecular complexity index is 534. The molecule has 108 valence electrons. The van der Waals surface area contributed by atoms with Crippen molar-refractivity contribution in [3.8, 4) is 0 Å². The highest BCUT2D eigenvalue weighted by atomic mass is 32.1. The Kier molecular flexibility index (Phi) is 4.95. The van der Waals surface area contributed by atoms with E-state index in [1.165, 1.54) is 22.6 Å². The minimum atomic E-state index is -0.441. The van der Waals surface area contributed by atoms with Crippen LogP contribution in [0.5, 0.6) is 0 Å². The van der Waals surface area contributed by atoms with Crippen molar-refractivity contribution in [1.82, 2.24) is 0 Å². The Hall–Kier alpha value is -1.62. The molecule has 1 heterocycles. The van der Waals surface area contributed by atoms with Gasteiger partial charge in [0.2, 0.25) is 5.91 Å². The standard InChI is InChI=1S/C15H20N2O2S/c1-2-3-9-12(18)17-15-13(14(16)19)10-7-5-4-6-8-11(10)20-15/h2H,1,3-9H2,(H2,16,19)(H,17,18). The first-order valence-electron chi connectivity index (χ1n) is 6.98. The van der Waals surface area contributed by atoms with Gasteiger partial charge < -0.3 is 11.1 Å². The summed E-state index contributed by atoms with van der Waals surface area (Å²) in [7, 11) is 0.